The Kier molecular flexibility index (Phi) is 3.40. The number of hydrogen-bond donors (Lipinski definition) is 0. The lowest BCUT2D eigenvalue weighted by atomic mass is 10.1. The van der Waals surface area contributed by atoms with Crippen molar-refractivity contribution in [1.82, 2.24) is 0 Å². The van der Waals surface area contributed by atoms with E-state index in [0.29, 0.717) is 0 Å². The summed E-state index contributed by atoms with van der Waals surface area (Å²) >= 11 is 3.61. The van der Waals surface area contributed by atoms with E-state index >= 15 is 0 Å². The van der Waals surface area contributed by atoms with E-state index < -0.39 is 0 Å². The summed E-state index contributed by atoms with van der Waals surface area (Å²) in [5, 5.41) is 0.996. The lowest BCUT2D eigenvalue weighted by Gasteiger charge is -2.01. The third kappa shape index (κ3) is 2.16. The number of halogens is 1. The maximum absolute atomic E-state index is 5.91. The van der Waals surface area contributed by atoms with Gasteiger partial charge in [-0.2, -0.15) is 0 Å². The molecule has 4 heteroatoms. The number of benzene rings is 2. The SMILES string of the molecule is COc1ccc(-c2oc3ccc(OC)cc3c2Br)cc1. The molecule has 1 heterocycles. The quantitative estimate of drug-likeness (QED) is 0.685. The molecule has 3 nitrogen and oxygen atoms in total. The van der Waals surface area contributed by atoms with Crippen LogP contribution in [0, 0.1) is 0 Å². The molecule has 0 saturated carbocycles. The highest BCUT2D eigenvalue weighted by molar-refractivity contribution is 9.10. The fourth-order valence-corrected chi connectivity index (χ4v) is 2.72. The van der Waals surface area contributed by atoms with Crippen LogP contribution in [0.5, 0.6) is 11.5 Å². The second-order valence-corrected chi connectivity index (χ2v) is 5.13. The van der Waals surface area contributed by atoms with E-state index in [4.69, 9.17) is 13.9 Å². The summed E-state index contributed by atoms with van der Waals surface area (Å²) in [6.45, 7) is 0. The van der Waals surface area contributed by atoms with Crippen molar-refractivity contribution in [2.45, 2.75) is 0 Å². The van der Waals surface area contributed by atoms with E-state index in [1.807, 2.05) is 42.5 Å². The number of rotatable bonds is 3. The topological polar surface area (TPSA) is 31.6 Å². The molecular weight excluding hydrogens is 320 g/mol. The first-order valence-corrected chi connectivity index (χ1v) is 6.92. The highest BCUT2D eigenvalue weighted by atomic mass is 79.9. The first-order valence-electron chi connectivity index (χ1n) is 6.13. The van der Waals surface area contributed by atoms with E-state index in [1.165, 1.54) is 0 Å². The average molecular weight is 333 g/mol. The molecule has 102 valence electrons. The zero-order chi connectivity index (χ0) is 14.1. The number of ether oxygens (including phenoxy) is 2. The van der Waals surface area contributed by atoms with Gasteiger partial charge in [-0.15, -0.1) is 0 Å². The van der Waals surface area contributed by atoms with Gasteiger partial charge in [0.1, 0.15) is 22.8 Å². The predicted octanol–water partition coefficient (Wildman–Crippen LogP) is 4.88. The van der Waals surface area contributed by atoms with Gasteiger partial charge in [0.15, 0.2) is 0 Å². The molecule has 1 aromatic heterocycles. The fraction of sp³-hybridized carbons (Fsp3) is 0.125. The Morgan fingerprint density at radius 1 is 0.900 bits per heavy atom. The minimum atomic E-state index is 0.802. The molecule has 0 aliphatic rings. The Labute approximate surface area is 125 Å². The van der Waals surface area contributed by atoms with Crippen molar-refractivity contribution in [3.05, 3.63) is 46.9 Å². The number of furan rings is 1. The largest absolute Gasteiger partial charge is 0.497 e. The van der Waals surface area contributed by atoms with Gasteiger partial charge in [-0.05, 0) is 58.4 Å². The third-order valence-electron chi connectivity index (χ3n) is 3.19. The fourth-order valence-electron chi connectivity index (χ4n) is 2.10. The summed E-state index contributed by atoms with van der Waals surface area (Å²) in [7, 11) is 3.30. The molecule has 0 atom stereocenters. The molecule has 3 aromatic rings. The predicted molar refractivity (Wildman–Crippen MR) is 82.5 cm³/mol. The minimum absolute atomic E-state index is 0.802. The van der Waals surface area contributed by atoms with E-state index in [2.05, 4.69) is 15.9 Å². The van der Waals surface area contributed by atoms with Gasteiger partial charge in [-0.3, -0.25) is 0 Å². The van der Waals surface area contributed by atoms with Crippen LogP contribution in [0.4, 0.5) is 0 Å². The molecule has 0 aliphatic heterocycles. The van der Waals surface area contributed by atoms with E-state index in [-0.39, 0.29) is 0 Å². The van der Waals surface area contributed by atoms with Gasteiger partial charge >= 0.3 is 0 Å². The van der Waals surface area contributed by atoms with Gasteiger partial charge in [-0.25, -0.2) is 0 Å². The lowest BCUT2D eigenvalue weighted by Crippen LogP contribution is -1.82. The van der Waals surface area contributed by atoms with Crippen molar-refractivity contribution >= 4 is 26.9 Å². The molecule has 0 amide bonds. The normalized spacial score (nSPS) is 10.8. The van der Waals surface area contributed by atoms with Crippen LogP contribution in [0.1, 0.15) is 0 Å². The molecule has 0 bridgehead atoms. The standard InChI is InChI=1S/C16H13BrO3/c1-18-11-5-3-10(4-6-11)16-15(17)13-9-12(19-2)7-8-14(13)20-16/h3-9H,1-2H3. The van der Waals surface area contributed by atoms with Crippen molar-refractivity contribution in [2.24, 2.45) is 0 Å². The van der Waals surface area contributed by atoms with Crippen LogP contribution in [-0.2, 0) is 0 Å². The van der Waals surface area contributed by atoms with Crippen molar-refractivity contribution in [1.29, 1.82) is 0 Å². The first kappa shape index (κ1) is 13.1. The van der Waals surface area contributed by atoms with E-state index in [0.717, 1.165) is 38.3 Å². The smallest absolute Gasteiger partial charge is 0.149 e. The Bertz CT molecular complexity index is 744. The number of fused-ring (bicyclic) bond motifs is 1. The Hall–Kier alpha value is -1.94. The van der Waals surface area contributed by atoms with Crippen molar-refractivity contribution in [3.63, 3.8) is 0 Å². The Balaban J connectivity index is 2.13. The second kappa shape index (κ2) is 5.21. The Morgan fingerprint density at radius 2 is 1.55 bits per heavy atom. The summed E-state index contributed by atoms with van der Waals surface area (Å²) in [6.07, 6.45) is 0. The zero-order valence-corrected chi connectivity index (χ0v) is 12.7. The van der Waals surface area contributed by atoms with Gasteiger partial charge < -0.3 is 13.9 Å². The van der Waals surface area contributed by atoms with Crippen molar-refractivity contribution in [3.8, 4) is 22.8 Å². The zero-order valence-electron chi connectivity index (χ0n) is 11.1. The van der Waals surface area contributed by atoms with Crippen molar-refractivity contribution < 1.29 is 13.9 Å². The molecule has 0 spiro atoms. The van der Waals surface area contributed by atoms with E-state index in [9.17, 15) is 0 Å². The first-order chi connectivity index (χ1) is 9.72. The number of methoxy groups -OCH3 is 2. The molecule has 20 heavy (non-hydrogen) atoms. The summed E-state index contributed by atoms with van der Waals surface area (Å²) in [5.74, 6) is 2.43. The third-order valence-corrected chi connectivity index (χ3v) is 3.97. The number of hydrogen-bond acceptors (Lipinski definition) is 3. The van der Waals surface area contributed by atoms with Gasteiger partial charge in [0.25, 0.3) is 0 Å². The molecule has 0 aliphatic carbocycles. The van der Waals surface area contributed by atoms with Gasteiger partial charge in [0.2, 0.25) is 0 Å². The molecule has 0 saturated heterocycles. The summed E-state index contributed by atoms with van der Waals surface area (Å²) in [6, 6.07) is 13.5. The molecule has 0 N–H and O–H groups in total. The van der Waals surface area contributed by atoms with Gasteiger partial charge in [0, 0.05) is 10.9 Å². The minimum Gasteiger partial charge on any atom is -0.497 e. The van der Waals surface area contributed by atoms with Crippen LogP contribution in [0.15, 0.2) is 51.4 Å². The summed E-state index contributed by atoms with van der Waals surface area (Å²) < 4.78 is 17.3. The van der Waals surface area contributed by atoms with E-state index in [1.54, 1.807) is 14.2 Å². The maximum atomic E-state index is 5.91. The van der Waals surface area contributed by atoms with Gasteiger partial charge in [0.05, 0.1) is 18.7 Å². The van der Waals surface area contributed by atoms with Crippen LogP contribution < -0.4 is 9.47 Å². The molecule has 0 unspecified atom stereocenters. The Morgan fingerprint density at radius 3 is 2.20 bits per heavy atom. The highest BCUT2D eigenvalue weighted by Crippen LogP contribution is 2.39. The van der Waals surface area contributed by atoms with Crippen molar-refractivity contribution in [2.75, 3.05) is 14.2 Å². The van der Waals surface area contributed by atoms with Crippen LogP contribution >= 0.6 is 15.9 Å². The highest BCUT2D eigenvalue weighted by Gasteiger charge is 2.14. The molecular formula is C16H13BrO3. The monoisotopic (exact) mass is 332 g/mol. The molecule has 0 fully saturated rings. The van der Waals surface area contributed by atoms with Crippen LogP contribution in [-0.4, -0.2) is 14.2 Å². The van der Waals surface area contributed by atoms with Crippen LogP contribution in [0.25, 0.3) is 22.3 Å². The lowest BCUT2D eigenvalue weighted by molar-refractivity contribution is 0.415. The summed E-state index contributed by atoms with van der Waals surface area (Å²) in [5.41, 5.74) is 1.82. The molecule has 0 radical (unpaired) electrons. The molecule has 3 rings (SSSR count). The van der Waals surface area contributed by atoms with Gasteiger partial charge in [-0.1, -0.05) is 0 Å². The summed E-state index contributed by atoms with van der Waals surface area (Å²) in [4.78, 5) is 0. The van der Waals surface area contributed by atoms with Crippen LogP contribution in [0.3, 0.4) is 0 Å². The average Bonchev–Trinajstić information content (AvgIpc) is 2.84. The molecule has 2 aromatic carbocycles. The second-order valence-electron chi connectivity index (χ2n) is 4.34. The maximum Gasteiger partial charge on any atom is 0.149 e. The van der Waals surface area contributed by atoms with Crippen LogP contribution in [0.2, 0.25) is 0 Å².